The van der Waals surface area contributed by atoms with Gasteiger partial charge in [-0.05, 0) is 34.6 Å². The molecule has 1 amide bonds. The van der Waals surface area contributed by atoms with Crippen LogP contribution in [0.25, 0.3) is 0 Å². The molecule has 0 aromatic heterocycles. The van der Waals surface area contributed by atoms with E-state index in [1.165, 1.54) is 0 Å². The standard InChI is InChI=1S/C14H23NO5/c1-13(2,3)20-12(16)15-6-9-11(18-9)10-8(15)7-17-14(4,5)19-10/h8-11H,6-7H2,1-5H3/t8-,9+,10+,11+/m1/s1. The summed E-state index contributed by atoms with van der Waals surface area (Å²) < 4.78 is 22.7. The number of carbonyl (C=O) groups excluding carboxylic acids is 1. The number of nitrogens with zero attached hydrogens (tertiary/aromatic N) is 1. The summed E-state index contributed by atoms with van der Waals surface area (Å²) in [5.41, 5.74) is -0.510. The van der Waals surface area contributed by atoms with Crippen LogP contribution >= 0.6 is 0 Å². The summed E-state index contributed by atoms with van der Waals surface area (Å²) in [5, 5.41) is 0. The highest BCUT2D eigenvalue weighted by atomic mass is 16.7. The van der Waals surface area contributed by atoms with E-state index in [-0.39, 0.29) is 30.4 Å². The zero-order valence-electron chi connectivity index (χ0n) is 12.7. The van der Waals surface area contributed by atoms with Crippen LogP contribution in [0.15, 0.2) is 0 Å². The molecule has 0 aromatic carbocycles. The average molecular weight is 285 g/mol. The van der Waals surface area contributed by atoms with Gasteiger partial charge in [0.15, 0.2) is 5.79 Å². The molecule has 0 bridgehead atoms. The van der Waals surface area contributed by atoms with Crippen molar-refractivity contribution < 1.29 is 23.7 Å². The van der Waals surface area contributed by atoms with Crippen molar-refractivity contribution >= 4 is 6.09 Å². The molecule has 3 saturated heterocycles. The fraction of sp³-hybridized carbons (Fsp3) is 0.929. The first kappa shape index (κ1) is 14.1. The number of fused-ring (bicyclic) bond motifs is 3. The first-order chi connectivity index (χ1) is 9.16. The van der Waals surface area contributed by atoms with Crippen molar-refractivity contribution in [2.24, 2.45) is 0 Å². The number of amides is 1. The Morgan fingerprint density at radius 2 is 2.00 bits per heavy atom. The number of rotatable bonds is 0. The number of likely N-dealkylation sites (tertiary alicyclic amines) is 1. The normalized spacial score (nSPS) is 38.8. The van der Waals surface area contributed by atoms with Gasteiger partial charge in [0.1, 0.15) is 23.9 Å². The van der Waals surface area contributed by atoms with Crippen LogP contribution < -0.4 is 0 Å². The van der Waals surface area contributed by atoms with E-state index in [1.54, 1.807) is 4.90 Å². The maximum atomic E-state index is 12.3. The molecule has 3 fully saturated rings. The van der Waals surface area contributed by atoms with Gasteiger partial charge in [-0.3, -0.25) is 4.90 Å². The van der Waals surface area contributed by atoms with Crippen LogP contribution in [-0.4, -0.2) is 59.9 Å². The lowest BCUT2D eigenvalue weighted by Crippen LogP contribution is -2.63. The van der Waals surface area contributed by atoms with E-state index in [2.05, 4.69) is 0 Å². The molecule has 6 heteroatoms. The number of piperidine rings is 1. The van der Waals surface area contributed by atoms with E-state index in [0.717, 1.165) is 0 Å². The monoisotopic (exact) mass is 285 g/mol. The van der Waals surface area contributed by atoms with Gasteiger partial charge < -0.3 is 18.9 Å². The van der Waals surface area contributed by atoms with Gasteiger partial charge in [0.2, 0.25) is 0 Å². The Hall–Kier alpha value is -0.850. The second-order valence-corrected chi connectivity index (χ2v) is 7.13. The number of hydrogen-bond donors (Lipinski definition) is 0. The summed E-state index contributed by atoms with van der Waals surface area (Å²) in [7, 11) is 0. The Morgan fingerprint density at radius 1 is 1.30 bits per heavy atom. The number of carbonyl (C=O) groups is 1. The average Bonchev–Trinajstić information content (AvgIpc) is 3.03. The molecule has 0 N–H and O–H groups in total. The molecule has 0 radical (unpaired) electrons. The molecule has 4 atom stereocenters. The Morgan fingerprint density at radius 3 is 2.65 bits per heavy atom. The Bertz CT molecular complexity index is 416. The van der Waals surface area contributed by atoms with Crippen LogP contribution in [0.3, 0.4) is 0 Å². The highest BCUT2D eigenvalue weighted by Gasteiger charge is 2.60. The zero-order chi connectivity index (χ0) is 14.7. The molecule has 0 spiro atoms. The van der Waals surface area contributed by atoms with E-state index in [0.29, 0.717) is 13.2 Å². The van der Waals surface area contributed by atoms with Gasteiger partial charge in [-0.25, -0.2) is 4.79 Å². The van der Waals surface area contributed by atoms with Crippen molar-refractivity contribution in [2.75, 3.05) is 13.2 Å². The Labute approximate surface area is 119 Å². The second kappa shape index (κ2) is 4.32. The van der Waals surface area contributed by atoms with Crippen molar-refractivity contribution in [1.29, 1.82) is 0 Å². The van der Waals surface area contributed by atoms with Gasteiger partial charge in [-0.15, -0.1) is 0 Å². The molecular formula is C14H23NO5. The van der Waals surface area contributed by atoms with Crippen molar-refractivity contribution in [2.45, 2.75) is 70.4 Å². The molecular weight excluding hydrogens is 262 g/mol. The third-order valence-corrected chi connectivity index (χ3v) is 3.75. The summed E-state index contributed by atoms with van der Waals surface area (Å²) in [6, 6.07) is -0.137. The highest BCUT2D eigenvalue weighted by molar-refractivity contribution is 5.69. The van der Waals surface area contributed by atoms with Crippen molar-refractivity contribution in [3.05, 3.63) is 0 Å². The van der Waals surface area contributed by atoms with E-state index >= 15 is 0 Å². The Balaban J connectivity index is 1.74. The summed E-state index contributed by atoms with van der Waals surface area (Å²) in [4.78, 5) is 14.0. The van der Waals surface area contributed by atoms with E-state index in [1.807, 2.05) is 34.6 Å². The molecule has 0 aliphatic carbocycles. The predicted molar refractivity (Wildman–Crippen MR) is 70.3 cm³/mol. The van der Waals surface area contributed by atoms with Crippen LogP contribution in [0.2, 0.25) is 0 Å². The summed E-state index contributed by atoms with van der Waals surface area (Å²) in [6.45, 7) is 10.3. The SMILES string of the molecule is CC(C)(C)OC(=O)N1C[C@@H]2O[C@@H]2[C@H]2OC(C)(C)OC[C@H]21. The zero-order valence-corrected chi connectivity index (χ0v) is 12.7. The lowest BCUT2D eigenvalue weighted by atomic mass is 9.98. The van der Waals surface area contributed by atoms with Crippen LogP contribution in [0.1, 0.15) is 34.6 Å². The molecule has 114 valence electrons. The minimum Gasteiger partial charge on any atom is -0.444 e. The van der Waals surface area contributed by atoms with Gasteiger partial charge in [0.05, 0.1) is 19.2 Å². The summed E-state index contributed by atoms with van der Waals surface area (Å²) >= 11 is 0. The number of ether oxygens (including phenoxy) is 4. The summed E-state index contributed by atoms with van der Waals surface area (Å²) in [5.74, 6) is -0.630. The number of epoxide rings is 1. The van der Waals surface area contributed by atoms with Gasteiger partial charge in [0.25, 0.3) is 0 Å². The molecule has 3 heterocycles. The first-order valence-electron chi connectivity index (χ1n) is 7.13. The molecule has 3 aliphatic rings. The van der Waals surface area contributed by atoms with Crippen LogP contribution in [0.4, 0.5) is 4.79 Å². The Kier molecular flexibility index (Phi) is 3.05. The molecule has 0 saturated carbocycles. The minimum atomic E-state index is -0.630. The smallest absolute Gasteiger partial charge is 0.410 e. The van der Waals surface area contributed by atoms with Crippen LogP contribution in [-0.2, 0) is 18.9 Å². The topological polar surface area (TPSA) is 60.5 Å². The van der Waals surface area contributed by atoms with Crippen molar-refractivity contribution in [3.63, 3.8) is 0 Å². The fourth-order valence-electron chi connectivity index (χ4n) is 2.83. The third-order valence-electron chi connectivity index (χ3n) is 3.75. The van der Waals surface area contributed by atoms with Crippen molar-refractivity contribution in [1.82, 2.24) is 4.90 Å². The molecule has 0 aromatic rings. The van der Waals surface area contributed by atoms with Gasteiger partial charge in [-0.1, -0.05) is 0 Å². The number of hydrogen-bond acceptors (Lipinski definition) is 5. The maximum Gasteiger partial charge on any atom is 0.410 e. The molecule has 6 nitrogen and oxygen atoms in total. The second-order valence-electron chi connectivity index (χ2n) is 7.13. The third kappa shape index (κ3) is 2.64. The quantitative estimate of drug-likeness (QED) is 0.632. The first-order valence-corrected chi connectivity index (χ1v) is 7.13. The molecule has 20 heavy (non-hydrogen) atoms. The predicted octanol–water partition coefficient (Wildman–Crippen LogP) is 1.52. The largest absolute Gasteiger partial charge is 0.444 e. The summed E-state index contributed by atoms with van der Waals surface area (Å²) in [6.07, 6.45) is -0.307. The molecule has 0 unspecified atom stereocenters. The van der Waals surface area contributed by atoms with Gasteiger partial charge >= 0.3 is 6.09 Å². The van der Waals surface area contributed by atoms with Crippen LogP contribution in [0, 0.1) is 0 Å². The molecule has 3 rings (SSSR count). The maximum absolute atomic E-state index is 12.3. The van der Waals surface area contributed by atoms with E-state index in [4.69, 9.17) is 18.9 Å². The lowest BCUT2D eigenvalue weighted by molar-refractivity contribution is -0.296. The molecule has 3 aliphatic heterocycles. The van der Waals surface area contributed by atoms with Gasteiger partial charge in [-0.2, -0.15) is 0 Å². The van der Waals surface area contributed by atoms with E-state index in [9.17, 15) is 4.79 Å². The lowest BCUT2D eigenvalue weighted by Gasteiger charge is -2.46. The van der Waals surface area contributed by atoms with Crippen LogP contribution in [0.5, 0.6) is 0 Å². The van der Waals surface area contributed by atoms with E-state index < -0.39 is 11.4 Å². The van der Waals surface area contributed by atoms with Crippen molar-refractivity contribution in [3.8, 4) is 0 Å². The highest BCUT2D eigenvalue weighted by Crippen LogP contribution is 2.41. The van der Waals surface area contributed by atoms with Gasteiger partial charge in [0, 0.05) is 0 Å². The minimum absolute atomic E-state index is 0.0673. The fourth-order valence-corrected chi connectivity index (χ4v) is 2.83.